The van der Waals surface area contributed by atoms with Crippen LogP contribution in [-0.4, -0.2) is 27.2 Å². The molecule has 0 aliphatic carbocycles. The molecule has 0 unspecified atom stereocenters. The summed E-state index contributed by atoms with van der Waals surface area (Å²) in [5, 5.41) is 2.33. The molecule has 2 N–H and O–H groups in total. The van der Waals surface area contributed by atoms with Crippen LogP contribution in [0.1, 0.15) is 0 Å². The van der Waals surface area contributed by atoms with Gasteiger partial charge in [0.05, 0.1) is 11.4 Å². The number of amides is 1. The molecule has 0 saturated carbocycles. The Kier molecular flexibility index (Phi) is 5.83. The molecule has 1 amide bonds. The fourth-order valence-corrected chi connectivity index (χ4v) is 2.84. The molecule has 0 saturated heterocycles. The first kappa shape index (κ1) is 19.7. The van der Waals surface area contributed by atoms with E-state index >= 15 is 0 Å². The molecule has 2 aromatic carbocycles. The summed E-state index contributed by atoms with van der Waals surface area (Å²) < 4.78 is 79.1. The lowest BCUT2D eigenvalue weighted by Gasteiger charge is -2.11. The van der Waals surface area contributed by atoms with Crippen LogP contribution in [0.5, 0.6) is 5.75 Å². The highest BCUT2D eigenvalue weighted by Gasteiger charge is 2.31. The average molecular weight is 392 g/mol. The summed E-state index contributed by atoms with van der Waals surface area (Å²) >= 11 is 0. The summed E-state index contributed by atoms with van der Waals surface area (Å²) in [4.78, 5) is 11.2. The van der Waals surface area contributed by atoms with E-state index in [-0.39, 0.29) is 5.69 Å². The van der Waals surface area contributed by atoms with E-state index in [1.54, 1.807) is 0 Å². The monoisotopic (exact) mass is 392 g/mol. The third-order valence-electron chi connectivity index (χ3n) is 2.90. The van der Waals surface area contributed by atoms with Gasteiger partial charge in [-0.05, 0) is 36.4 Å². The molecule has 0 fully saturated rings. The molecular formula is C15H12F4N2O4S. The van der Waals surface area contributed by atoms with Crippen LogP contribution in [0.3, 0.4) is 0 Å². The lowest BCUT2D eigenvalue weighted by atomic mass is 10.3. The SMILES string of the molecule is O=C(CNS(=O)(=O)c1cccc(OC(F)(F)F)c1)Nc1ccc(F)cc1. The van der Waals surface area contributed by atoms with E-state index in [2.05, 4.69) is 10.1 Å². The van der Waals surface area contributed by atoms with Crippen molar-refractivity contribution >= 4 is 21.6 Å². The van der Waals surface area contributed by atoms with Crippen LogP contribution >= 0.6 is 0 Å². The number of hydrogen-bond donors (Lipinski definition) is 2. The van der Waals surface area contributed by atoms with Gasteiger partial charge in [0.15, 0.2) is 0 Å². The van der Waals surface area contributed by atoms with Crippen molar-refractivity contribution in [3.63, 3.8) is 0 Å². The Morgan fingerprint density at radius 3 is 2.35 bits per heavy atom. The van der Waals surface area contributed by atoms with Crippen LogP contribution in [0.2, 0.25) is 0 Å². The lowest BCUT2D eigenvalue weighted by Crippen LogP contribution is -2.33. The molecule has 0 spiro atoms. The zero-order valence-electron chi connectivity index (χ0n) is 12.9. The van der Waals surface area contributed by atoms with Crippen LogP contribution in [-0.2, 0) is 14.8 Å². The quantitative estimate of drug-likeness (QED) is 0.741. The molecule has 0 atom stereocenters. The maximum atomic E-state index is 12.8. The number of rotatable bonds is 6. The number of halogens is 4. The van der Waals surface area contributed by atoms with Gasteiger partial charge >= 0.3 is 6.36 Å². The van der Waals surface area contributed by atoms with Gasteiger partial charge in [0.1, 0.15) is 11.6 Å². The van der Waals surface area contributed by atoms with Crippen molar-refractivity contribution in [1.82, 2.24) is 4.72 Å². The molecule has 0 aliphatic rings. The van der Waals surface area contributed by atoms with Gasteiger partial charge in [-0.3, -0.25) is 4.79 Å². The zero-order valence-corrected chi connectivity index (χ0v) is 13.7. The number of ether oxygens (including phenoxy) is 1. The topological polar surface area (TPSA) is 84.5 Å². The number of benzene rings is 2. The summed E-state index contributed by atoms with van der Waals surface area (Å²) in [6.07, 6.45) is -4.97. The third-order valence-corrected chi connectivity index (χ3v) is 4.30. The third kappa shape index (κ3) is 6.01. The summed E-state index contributed by atoms with van der Waals surface area (Å²) in [5.41, 5.74) is 0.246. The van der Waals surface area contributed by atoms with Crippen molar-refractivity contribution < 1.29 is 35.5 Å². The van der Waals surface area contributed by atoms with Gasteiger partial charge in [-0.15, -0.1) is 13.2 Å². The summed E-state index contributed by atoms with van der Waals surface area (Å²) in [7, 11) is -4.25. The molecule has 0 bridgehead atoms. The maximum Gasteiger partial charge on any atom is 0.573 e. The predicted octanol–water partition coefficient (Wildman–Crippen LogP) is 2.64. The summed E-state index contributed by atoms with van der Waals surface area (Å²) in [5.74, 6) is -1.97. The Labute approximate surface area is 145 Å². The second-order valence-electron chi connectivity index (χ2n) is 4.90. The maximum absolute atomic E-state index is 12.8. The van der Waals surface area contributed by atoms with E-state index in [1.165, 1.54) is 12.1 Å². The van der Waals surface area contributed by atoms with Crippen LogP contribution in [0.4, 0.5) is 23.2 Å². The molecule has 26 heavy (non-hydrogen) atoms. The van der Waals surface area contributed by atoms with Crippen molar-refractivity contribution in [2.45, 2.75) is 11.3 Å². The zero-order chi connectivity index (χ0) is 19.4. The second kappa shape index (κ2) is 7.70. The number of sulfonamides is 1. The highest BCUT2D eigenvalue weighted by Crippen LogP contribution is 2.24. The summed E-state index contributed by atoms with van der Waals surface area (Å²) in [6.45, 7) is -0.677. The molecule has 0 heterocycles. The van der Waals surface area contributed by atoms with E-state index in [0.717, 1.165) is 30.3 Å². The van der Waals surface area contributed by atoms with Crippen molar-refractivity contribution in [1.29, 1.82) is 0 Å². The number of hydrogen-bond acceptors (Lipinski definition) is 4. The van der Waals surface area contributed by atoms with Crippen molar-refractivity contribution in [2.75, 3.05) is 11.9 Å². The largest absolute Gasteiger partial charge is 0.573 e. The van der Waals surface area contributed by atoms with Crippen LogP contribution in [0.15, 0.2) is 53.4 Å². The lowest BCUT2D eigenvalue weighted by molar-refractivity contribution is -0.274. The van der Waals surface area contributed by atoms with E-state index in [0.29, 0.717) is 6.07 Å². The van der Waals surface area contributed by atoms with Gasteiger partial charge in [-0.25, -0.2) is 17.5 Å². The molecule has 2 aromatic rings. The van der Waals surface area contributed by atoms with Crippen molar-refractivity contribution in [3.05, 3.63) is 54.3 Å². The first-order valence-electron chi connectivity index (χ1n) is 6.96. The molecule has 0 aromatic heterocycles. The Bertz CT molecular complexity index is 883. The highest BCUT2D eigenvalue weighted by molar-refractivity contribution is 7.89. The number of alkyl halides is 3. The van der Waals surface area contributed by atoms with Crippen LogP contribution in [0, 0.1) is 5.82 Å². The second-order valence-corrected chi connectivity index (χ2v) is 6.67. The fourth-order valence-electron chi connectivity index (χ4n) is 1.82. The standard InChI is InChI=1S/C15H12F4N2O4S/c16-10-4-6-11(7-5-10)21-14(22)9-20-26(23,24)13-3-1-2-12(8-13)25-15(17,18)19/h1-8,20H,9H2,(H,21,22). The van der Waals surface area contributed by atoms with E-state index in [1.807, 2.05) is 4.72 Å². The number of anilines is 1. The number of nitrogens with one attached hydrogen (secondary N) is 2. The van der Waals surface area contributed by atoms with E-state index < -0.39 is 45.3 Å². The molecule has 0 radical (unpaired) electrons. The van der Waals surface area contributed by atoms with Crippen LogP contribution < -0.4 is 14.8 Å². The van der Waals surface area contributed by atoms with E-state index in [4.69, 9.17) is 0 Å². The highest BCUT2D eigenvalue weighted by atomic mass is 32.2. The number of carbonyl (C=O) groups excluding carboxylic acids is 1. The van der Waals surface area contributed by atoms with E-state index in [9.17, 15) is 30.8 Å². The summed E-state index contributed by atoms with van der Waals surface area (Å²) in [6, 6.07) is 8.48. The Hall–Kier alpha value is -2.66. The predicted molar refractivity (Wildman–Crippen MR) is 83.3 cm³/mol. The normalized spacial score (nSPS) is 11.8. The van der Waals surface area contributed by atoms with Crippen LogP contribution in [0.25, 0.3) is 0 Å². The Balaban J connectivity index is 2.01. The van der Waals surface area contributed by atoms with Gasteiger partial charge in [0, 0.05) is 11.8 Å². The van der Waals surface area contributed by atoms with Gasteiger partial charge in [-0.1, -0.05) is 6.07 Å². The molecule has 140 valence electrons. The van der Waals surface area contributed by atoms with Gasteiger partial charge < -0.3 is 10.1 Å². The van der Waals surface area contributed by atoms with Gasteiger partial charge in [-0.2, -0.15) is 0 Å². The smallest absolute Gasteiger partial charge is 0.406 e. The first-order chi connectivity index (χ1) is 12.0. The fraction of sp³-hybridized carbons (Fsp3) is 0.133. The van der Waals surface area contributed by atoms with Gasteiger partial charge in [0.25, 0.3) is 0 Å². The Morgan fingerprint density at radius 1 is 1.08 bits per heavy atom. The molecule has 0 aliphatic heterocycles. The molecular weight excluding hydrogens is 380 g/mol. The molecule has 6 nitrogen and oxygen atoms in total. The minimum absolute atomic E-state index is 0.246. The van der Waals surface area contributed by atoms with Crippen molar-refractivity contribution in [2.24, 2.45) is 0 Å². The Morgan fingerprint density at radius 2 is 1.73 bits per heavy atom. The average Bonchev–Trinajstić information content (AvgIpc) is 2.54. The molecule has 11 heteroatoms. The number of carbonyl (C=O) groups is 1. The minimum atomic E-state index is -4.97. The molecule has 2 rings (SSSR count). The van der Waals surface area contributed by atoms with Crippen molar-refractivity contribution in [3.8, 4) is 5.75 Å². The minimum Gasteiger partial charge on any atom is -0.406 e. The van der Waals surface area contributed by atoms with Gasteiger partial charge in [0.2, 0.25) is 15.9 Å². The first-order valence-corrected chi connectivity index (χ1v) is 8.44.